The van der Waals surface area contributed by atoms with Crippen LogP contribution in [0.4, 0.5) is 0 Å². The molecule has 6 nitrogen and oxygen atoms in total. The minimum Gasteiger partial charge on any atom is -0.467 e. The zero-order chi connectivity index (χ0) is 17.8. The lowest BCUT2D eigenvalue weighted by Crippen LogP contribution is -2.28. The molecular weight excluding hydrogens is 332 g/mol. The lowest BCUT2D eigenvalue weighted by molar-refractivity contribution is -0.127. The quantitative estimate of drug-likeness (QED) is 0.487. The van der Waals surface area contributed by atoms with Crippen molar-refractivity contribution in [3.63, 3.8) is 0 Å². The number of benzene rings is 1. The van der Waals surface area contributed by atoms with Gasteiger partial charge in [-0.25, -0.2) is 4.98 Å². The second-order valence-electron chi connectivity index (χ2n) is 5.71. The Labute approximate surface area is 149 Å². The van der Waals surface area contributed by atoms with Crippen molar-refractivity contribution in [2.75, 3.05) is 0 Å². The molecule has 0 unspecified atom stereocenters. The average molecular weight is 348 g/mol. The molecule has 4 rings (SSSR count). The first-order valence-corrected chi connectivity index (χ1v) is 8.15. The number of carbonyl (C=O) groups is 1. The van der Waals surface area contributed by atoms with Crippen molar-refractivity contribution < 1.29 is 18.0 Å². The molecule has 0 aliphatic carbocycles. The first kappa shape index (κ1) is 16.0. The monoisotopic (exact) mass is 348 g/mol. The molecule has 1 aromatic carbocycles. The Morgan fingerprint density at radius 2 is 1.65 bits per heavy atom. The summed E-state index contributed by atoms with van der Waals surface area (Å²) >= 11 is 0. The van der Waals surface area contributed by atoms with Crippen molar-refractivity contribution in [2.24, 2.45) is 0 Å². The van der Waals surface area contributed by atoms with Gasteiger partial charge < -0.3 is 18.2 Å². The Balaban J connectivity index is 1.52. The first-order valence-electron chi connectivity index (χ1n) is 8.15. The van der Waals surface area contributed by atoms with Crippen LogP contribution in [0.25, 0.3) is 17.2 Å². The van der Waals surface area contributed by atoms with Crippen LogP contribution >= 0.6 is 0 Å². The summed E-state index contributed by atoms with van der Waals surface area (Å²) in [6.07, 6.45) is 6.17. The summed E-state index contributed by atoms with van der Waals surface area (Å²) in [7, 11) is 0. The number of fused-ring (bicyclic) bond motifs is 1. The fraction of sp³-hybridized carbons (Fsp3) is 0.100. The topological polar surface area (TPSA) is 72.6 Å². The minimum atomic E-state index is -0.194. The normalized spacial score (nSPS) is 11.4. The van der Waals surface area contributed by atoms with Crippen LogP contribution < -0.4 is 0 Å². The largest absolute Gasteiger partial charge is 0.467 e. The van der Waals surface area contributed by atoms with E-state index in [4.69, 9.17) is 13.3 Å². The maximum absolute atomic E-state index is 12.7. The van der Waals surface area contributed by atoms with Gasteiger partial charge in [-0.1, -0.05) is 12.1 Å². The molecule has 3 heterocycles. The molecule has 0 radical (unpaired) electrons. The molecule has 0 N–H and O–H groups in total. The summed E-state index contributed by atoms with van der Waals surface area (Å²) in [6, 6.07) is 14.7. The average Bonchev–Trinajstić information content (AvgIpc) is 3.40. The third-order valence-corrected chi connectivity index (χ3v) is 3.84. The van der Waals surface area contributed by atoms with E-state index in [2.05, 4.69) is 4.98 Å². The number of hydrogen-bond acceptors (Lipinski definition) is 5. The third kappa shape index (κ3) is 3.59. The lowest BCUT2D eigenvalue weighted by atomic mass is 10.3. The Kier molecular flexibility index (Phi) is 4.38. The highest BCUT2D eigenvalue weighted by Crippen LogP contribution is 2.16. The van der Waals surface area contributed by atoms with E-state index in [0.717, 1.165) is 5.52 Å². The number of aromatic nitrogens is 1. The van der Waals surface area contributed by atoms with Gasteiger partial charge in [-0.2, -0.15) is 0 Å². The summed E-state index contributed by atoms with van der Waals surface area (Å²) in [5.74, 6) is 1.58. The van der Waals surface area contributed by atoms with Gasteiger partial charge in [0.15, 0.2) is 5.58 Å². The molecule has 0 saturated carbocycles. The lowest BCUT2D eigenvalue weighted by Gasteiger charge is -2.18. The zero-order valence-corrected chi connectivity index (χ0v) is 13.9. The summed E-state index contributed by atoms with van der Waals surface area (Å²) in [5.41, 5.74) is 1.44. The van der Waals surface area contributed by atoms with Gasteiger partial charge >= 0.3 is 0 Å². The van der Waals surface area contributed by atoms with Crippen LogP contribution in [-0.4, -0.2) is 15.8 Å². The molecule has 0 aliphatic heterocycles. The molecule has 3 aromatic heterocycles. The van der Waals surface area contributed by atoms with Gasteiger partial charge in [0.1, 0.15) is 17.0 Å². The van der Waals surface area contributed by atoms with Crippen LogP contribution in [0.1, 0.15) is 17.4 Å². The fourth-order valence-corrected chi connectivity index (χ4v) is 2.60. The maximum atomic E-state index is 12.7. The van der Waals surface area contributed by atoms with Crippen molar-refractivity contribution in [1.82, 2.24) is 9.88 Å². The van der Waals surface area contributed by atoms with E-state index in [1.807, 2.05) is 36.4 Å². The molecule has 26 heavy (non-hydrogen) atoms. The van der Waals surface area contributed by atoms with Gasteiger partial charge in [0.05, 0.1) is 25.6 Å². The Morgan fingerprint density at radius 3 is 2.27 bits per heavy atom. The highest BCUT2D eigenvalue weighted by atomic mass is 16.3. The predicted octanol–water partition coefficient (Wildman–Crippen LogP) is 4.26. The molecule has 0 fully saturated rings. The molecule has 6 heteroatoms. The van der Waals surface area contributed by atoms with Gasteiger partial charge in [-0.15, -0.1) is 0 Å². The summed E-state index contributed by atoms with van der Waals surface area (Å²) < 4.78 is 16.3. The minimum absolute atomic E-state index is 0.194. The van der Waals surface area contributed by atoms with E-state index >= 15 is 0 Å². The third-order valence-electron chi connectivity index (χ3n) is 3.84. The molecule has 0 spiro atoms. The van der Waals surface area contributed by atoms with Crippen molar-refractivity contribution in [1.29, 1.82) is 0 Å². The standard InChI is InChI=1S/C20H16N2O4/c23-20(10-9-19-21-17-7-1-2-8-18(17)26-19)22(13-15-5-3-11-24-15)14-16-6-4-12-25-16/h1-12H,13-14H2/b10-9+. The van der Waals surface area contributed by atoms with Crippen molar-refractivity contribution in [3.8, 4) is 0 Å². The van der Waals surface area contributed by atoms with Gasteiger partial charge in [-0.05, 0) is 36.4 Å². The molecule has 0 atom stereocenters. The number of para-hydroxylation sites is 2. The van der Waals surface area contributed by atoms with Crippen LogP contribution in [0.5, 0.6) is 0 Å². The van der Waals surface area contributed by atoms with Crippen molar-refractivity contribution >= 4 is 23.1 Å². The van der Waals surface area contributed by atoms with Crippen LogP contribution in [0, 0.1) is 0 Å². The first-order chi connectivity index (χ1) is 12.8. The fourth-order valence-electron chi connectivity index (χ4n) is 2.60. The van der Waals surface area contributed by atoms with Gasteiger partial charge in [-0.3, -0.25) is 4.79 Å². The molecule has 0 aliphatic rings. The highest BCUT2D eigenvalue weighted by Gasteiger charge is 2.15. The molecule has 1 amide bonds. The van der Waals surface area contributed by atoms with Gasteiger partial charge in [0, 0.05) is 12.2 Å². The number of nitrogens with zero attached hydrogens (tertiary/aromatic N) is 2. The highest BCUT2D eigenvalue weighted by molar-refractivity contribution is 5.91. The number of hydrogen-bond donors (Lipinski definition) is 0. The molecule has 130 valence electrons. The molecule has 0 saturated heterocycles. The van der Waals surface area contributed by atoms with E-state index in [-0.39, 0.29) is 5.91 Å². The maximum Gasteiger partial charge on any atom is 0.247 e. The van der Waals surface area contributed by atoms with Gasteiger partial charge in [0.2, 0.25) is 11.8 Å². The number of amides is 1. The Morgan fingerprint density at radius 1 is 0.962 bits per heavy atom. The summed E-state index contributed by atoms with van der Waals surface area (Å²) in [5, 5.41) is 0. The van der Waals surface area contributed by atoms with Gasteiger partial charge in [0.25, 0.3) is 0 Å². The summed E-state index contributed by atoms with van der Waals surface area (Å²) in [4.78, 5) is 18.6. The van der Waals surface area contributed by atoms with Crippen molar-refractivity contribution in [3.05, 3.63) is 84.5 Å². The predicted molar refractivity (Wildman–Crippen MR) is 94.7 cm³/mol. The van der Waals surface area contributed by atoms with Crippen LogP contribution in [0.3, 0.4) is 0 Å². The van der Waals surface area contributed by atoms with E-state index in [1.54, 1.807) is 35.6 Å². The second kappa shape index (κ2) is 7.14. The molecule has 0 bridgehead atoms. The van der Waals surface area contributed by atoms with Crippen LogP contribution in [0.15, 0.2) is 80.4 Å². The number of rotatable bonds is 6. The summed E-state index contributed by atoms with van der Waals surface area (Å²) in [6.45, 7) is 0.675. The van der Waals surface area contributed by atoms with E-state index in [0.29, 0.717) is 36.1 Å². The number of furan rings is 2. The Bertz CT molecular complexity index is 944. The van der Waals surface area contributed by atoms with Crippen LogP contribution in [0.2, 0.25) is 0 Å². The van der Waals surface area contributed by atoms with Crippen molar-refractivity contribution in [2.45, 2.75) is 13.1 Å². The van der Waals surface area contributed by atoms with Crippen LogP contribution in [-0.2, 0) is 17.9 Å². The SMILES string of the molecule is O=C(/C=C/c1nc2ccccc2o1)N(Cc1ccco1)Cc1ccco1. The Hall–Kier alpha value is -3.54. The number of oxazole rings is 1. The van der Waals surface area contributed by atoms with E-state index in [9.17, 15) is 4.79 Å². The zero-order valence-electron chi connectivity index (χ0n) is 13.9. The molecular formula is C20H16N2O4. The smallest absolute Gasteiger partial charge is 0.247 e. The number of carbonyl (C=O) groups excluding carboxylic acids is 1. The van der Waals surface area contributed by atoms with E-state index < -0.39 is 0 Å². The molecule has 4 aromatic rings. The second-order valence-corrected chi connectivity index (χ2v) is 5.71. The van der Waals surface area contributed by atoms with E-state index in [1.165, 1.54) is 6.08 Å².